The van der Waals surface area contributed by atoms with Gasteiger partial charge in [0.15, 0.2) is 0 Å². The van der Waals surface area contributed by atoms with E-state index in [4.69, 9.17) is 21.1 Å². The van der Waals surface area contributed by atoms with Gasteiger partial charge in [-0.15, -0.1) is 0 Å². The molecule has 2 aliphatic rings. The van der Waals surface area contributed by atoms with Crippen molar-refractivity contribution in [3.8, 4) is 11.5 Å². The van der Waals surface area contributed by atoms with Crippen LogP contribution in [0.1, 0.15) is 42.1 Å². The highest BCUT2D eigenvalue weighted by Crippen LogP contribution is 2.40. The van der Waals surface area contributed by atoms with Crippen LogP contribution in [0.4, 0.5) is 4.39 Å². The zero-order valence-electron chi connectivity index (χ0n) is 21.9. The van der Waals surface area contributed by atoms with E-state index in [1.54, 1.807) is 0 Å². The van der Waals surface area contributed by atoms with Crippen LogP contribution in [-0.4, -0.2) is 59.1 Å². The number of fused-ring (bicyclic) bond motifs is 3. The maximum absolute atomic E-state index is 13.4. The number of nitrogens with one attached hydrogen (secondary N) is 1. The normalized spacial score (nSPS) is 20.7. The highest BCUT2D eigenvalue weighted by atomic mass is 35.5. The summed E-state index contributed by atoms with van der Waals surface area (Å²) in [7, 11) is 2.18. The lowest BCUT2D eigenvalue weighted by molar-refractivity contribution is -0.150. The predicted octanol–water partition coefficient (Wildman–Crippen LogP) is 6.13. The molecule has 3 unspecified atom stereocenters. The fourth-order valence-corrected chi connectivity index (χ4v) is 6.15. The van der Waals surface area contributed by atoms with Gasteiger partial charge in [-0.2, -0.15) is 0 Å². The maximum Gasteiger partial charge on any atom is 0.260 e. The third kappa shape index (κ3) is 5.50. The molecule has 2 N–H and O–H groups in total. The molecule has 0 bridgehead atoms. The molecule has 6 rings (SSSR count). The number of aromatic amines is 1. The minimum Gasteiger partial charge on any atom is -0.494 e. The number of halogens is 2. The summed E-state index contributed by atoms with van der Waals surface area (Å²) >= 11 is 6.33. The Balaban J connectivity index is 1.27. The van der Waals surface area contributed by atoms with Crippen molar-refractivity contribution in [3.63, 3.8) is 0 Å². The van der Waals surface area contributed by atoms with Gasteiger partial charge >= 0.3 is 0 Å². The van der Waals surface area contributed by atoms with Crippen molar-refractivity contribution in [3.05, 3.63) is 94.4 Å². The Morgan fingerprint density at radius 1 is 1.05 bits per heavy atom. The van der Waals surface area contributed by atoms with Crippen LogP contribution in [0.5, 0.6) is 11.5 Å². The third-order valence-electron chi connectivity index (χ3n) is 8.05. The molecular weight excluding hydrogens is 517 g/mol. The van der Waals surface area contributed by atoms with Gasteiger partial charge in [-0.25, -0.2) is 9.29 Å². The van der Waals surface area contributed by atoms with Crippen molar-refractivity contribution >= 4 is 22.5 Å². The Morgan fingerprint density at radius 2 is 1.82 bits per heavy atom. The molecule has 1 saturated heterocycles. The average molecular weight is 550 g/mol. The van der Waals surface area contributed by atoms with Crippen LogP contribution < -0.4 is 9.47 Å². The van der Waals surface area contributed by atoms with E-state index in [1.807, 2.05) is 47.4 Å². The summed E-state index contributed by atoms with van der Waals surface area (Å²) < 4.78 is 25.3. The Kier molecular flexibility index (Phi) is 7.49. The SMILES string of the molecule is CN1CCCC1CCOc1ccc(C2c3[nH]c4ccc(Cl)cc4c3CCN2C(O)Oc2ccc(F)cc2)cc1. The van der Waals surface area contributed by atoms with Gasteiger partial charge in [0.1, 0.15) is 17.3 Å². The smallest absolute Gasteiger partial charge is 0.260 e. The van der Waals surface area contributed by atoms with Crippen LogP contribution in [0.15, 0.2) is 66.7 Å². The Hall–Kier alpha value is -3.10. The molecule has 0 spiro atoms. The van der Waals surface area contributed by atoms with Crippen LogP contribution in [0.3, 0.4) is 0 Å². The second-order valence-corrected chi connectivity index (χ2v) is 10.9. The topological polar surface area (TPSA) is 61.0 Å². The van der Waals surface area contributed by atoms with E-state index in [2.05, 4.69) is 16.9 Å². The van der Waals surface area contributed by atoms with Gasteiger partial charge in [-0.3, -0.25) is 0 Å². The van der Waals surface area contributed by atoms with Gasteiger partial charge in [0, 0.05) is 34.2 Å². The lowest BCUT2D eigenvalue weighted by Gasteiger charge is -2.38. The van der Waals surface area contributed by atoms with E-state index in [0.717, 1.165) is 40.9 Å². The first-order valence-electron chi connectivity index (χ1n) is 13.6. The van der Waals surface area contributed by atoms with Gasteiger partial charge in [0.05, 0.1) is 12.6 Å². The van der Waals surface area contributed by atoms with Crippen molar-refractivity contribution in [2.45, 2.75) is 44.2 Å². The van der Waals surface area contributed by atoms with Crippen LogP contribution in [0.25, 0.3) is 10.9 Å². The van der Waals surface area contributed by atoms with Crippen LogP contribution in [0, 0.1) is 5.82 Å². The number of ether oxygens (including phenoxy) is 2. The molecule has 4 aromatic rings. The zero-order valence-corrected chi connectivity index (χ0v) is 22.7. The molecule has 1 fully saturated rings. The molecule has 0 amide bonds. The fourth-order valence-electron chi connectivity index (χ4n) is 5.98. The van der Waals surface area contributed by atoms with E-state index in [0.29, 0.717) is 36.4 Å². The van der Waals surface area contributed by atoms with Crippen molar-refractivity contribution in [1.82, 2.24) is 14.8 Å². The first-order chi connectivity index (χ1) is 19.0. The number of H-pyrrole nitrogens is 1. The molecule has 3 aromatic carbocycles. The Morgan fingerprint density at radius 3 is 2.56 bits per heavy atom. The summed E-state index contributed by atoms with van der Waals surface area (Å²) in [5.41, 5.74) is 4.18. The summed E-state index contributed by atoms with van der Waals surface area (Å²) in [6.45, 7) is 2.41. The van der Waals surface area contributed by atoms with Crippen molar-refractivity contribution in [2.75, 3.05) is 26.7 Å². The third-order valence-corrected chi connectivity index (χ3v) is 8.29. The summed E-state index contributed by atoms with van der Waals surface area (Å²) in [6, 6.07) is 19.9. The first-order valence-corrected chi connectivity index (χ1v) is 13.9. The Bertz CT molecular complexity index is 1430. The molecule has 1 aromatic heterocycles. The molecule has 8 heteroatoms. The summed E-state index contributed by atoms with van der Waals surface area (Å²) in [4.78, 5) is 7.90. The minimum atomic E-state index is -1.23. The zero-order chi connectivity index (χ0) is 26.9. The van der Waals surface area contributed by atoms with Gasteiger partial charge < -0.3 is 24.5 Å². The van der Waals surface area contributed by atoms with Gasteiger partial charge in [-0.05, 0) is 105 Å². The molecule has 2 aliphatic heterocycles. The molecule has 0 aliphatic carbocycles. The van der Waals surface area contributed by atoms with E-state index in [9.17, 15) is 9.50 Å². The summed E-state index contributed by atoms with van der Waals surface area (Å²) in [5.74, 6) is 0.869. The van der Waals surface area contributed by atoms with E-state index >= 15 is 0 Å². The number of aliphatic hydroxyl groups is 1. The number of rotatable bonds is 8. The second-order valence-electron chi connectivity index (χ2n) is 10.5. The van der Waals surface area contributed by atoms with Crippen molar-refractivity contribution < 1.29 is 19.0 Å². The Labute approximate surface area is 232 Å². The molecule has 39 heavy (non-hydrogen) atoms. The minimum absolute atomic E-state index is 0.295. The largest absolute Gasteiger partial charge is 0.494 e. The highest BCUT2D eigenvalue weighted by Gasteiger charge is 2.36. The summed E-state index contributed by atoms with van der Waals surface area (Å²) in [5, 5.41) is 13.0. The van der Waals surface area contributed by atoms with E-state index in [-0.39, 0.29) is 11.9 Å². The number of likely N-dealkylation sites (tertiary alicyclic amines) is 1. The number of aliphatic hydroxyl groups excluding tert-OH is 1. The standard InChI is InChI=1S/C31H33ClFN3O3/c1-35-16-2-3-23(35)15-18-38-24-9-4-20(5-10-24)30-29-26(27-19-21(32)6-13-28(27)34-29)14-17-36(30)31(37)39-25-11-7-22(33)8-12-25/h4-13,19,23,30-31,34,37H,2-3,14-18H2,1H3. The predicted molar refractivity (Wildman–Crippen MR) is 151 cm³/mol. The number of benzene rings is 3. The van der Waals surface area contributed by atoms with Crippen LogP contribution in [-0.2, 0) is 6.42 Å². The highest BCUT2D eigenvalue weighted by molar-refractivity contribution is 6.31. The van der Waals surface area contributed by atoms with E-state index < -0.39 is 6.41 Å². The van der Waals surface area contributed by atoms with E-state index in [1.165, 1.54) is 42.7 Å². The average Bonchev–Trinajstić information content (AvgIpc) is 3.52. The number of hydrogen-bond donors (Lipinski definition) is 2. The molecule has 3 atom stereocenters. The van der Waals surface area contributed by atoms with Crippen molar-refractivity contribution in [1.29, 1.82) is 0 Å². The molecule has 204 valence electrons. The number of aromatic nitrogens is 1. The van der Waals surface area contributed by atoms with Crippen LogP contribution in [0.2, 0.25) is 5.02 Å². The lowest BCUT2D eigenvalue weighted by Crippen LogP contribution is -2.46. The van der Waals surface area contributed by atoms with Gasteiger partial charge in [0.25, 0.3) is 6.41 Å². The lowest BCUT2D eigenvalue weighted by atomic mass is 9.92. The summed E-state index contributed by atoms with van der Waals surface area (Å²) in [6.07, 6.45) is 2.99. The fraction of sp³-hybridized carbons (Fsp3) is 0.355. The van der Waals surface area contributed by atoms with Gasteiger partial charge in [-0.1, -0.05) is 23.7 Å². The quantitative estimate of drug-likeness (QED) is 0.259. The first kappa shape index (κ1) is 26.1. The van der Waals surface area contributed by atoms with Crippen molar-refractivity contribution in [2.24, 2.45) is 0 Å². The molecule has 0 saturated carbocycles. The molecular formula is C31H33ClFN3O3. The van der Waals surface area contributed by atoms with Gasteiger partial charge in [0.2, 0.25) is 0 Å². The van der Waals surface area contributed by atoms with Crippen LogP contribution >= 0.6 is 11.6 Å². The molecule has 6 nitrogen and oxygen atoms in total. The second kappa shape index (κ2) is 11.2. The monoisotopic (exact) mass is 549 g/mol. The molecule has 0 radical (unpaired) electrons. The number of nitrogens with zero attached hydrogens (tertiary/aromatic N) is 2. The molecule has 3 heterocycles. The number of hydrogen-bond acceptors (Lipinski definition) is 5. The maximum atomic E-state index is 13.4.